The average Bonchev–Trinajstić information content (AvgIpc) is 3.47. The number of methoxy groups -OCH3 is 1. The van der Waals surface area contributed by atoms with Crippen molar-refractivity contribution in [2.75, 3.05) is 25.6 Å². The van der Waals surface area contributed by atoms with Crippen LogP contribution in [0.25, 0.3) is 0 Å². The Hall–Kier alpha value is -4.17. The van der Waals surface area contributed by atoms with Crippen molar-refractivity contribution in [1.82, 2.24) is 4.90 Å². The number of benzene rings is 3. The summed E-state index contributed by atoms with van der Waals surface area (Å²) in [6, 6.07) is 18.7. The van der Waals surface area contributed by atoms with Gasteiger partial charge in [-0.15, -0.1) is 0 Å². The van der Waals surface area contributed by atoms with Crippen molar-refractivity contribution in [3.8, 4) is 17.2 Å². The fraction of sp³-hybridized carbons (Fsp3) is 0.222. The maximum Gasteiger partial charge on any atom is 0.261 e. The molecule has 2 aliphatic rings. The normalized spacial score (nSPS) is 16.8. The molecule has 0 aromatic heterocycles. The van der Waals surface area contributed by atoms with Gasteiger partial charge in [-0.25, -0.2) is 0 Å². The highest BCUT2D eigenvalue weighted by Crippen LogP contribution is 2.31. The van der Waals surface area contributed by atoms with Gasteiger partial charge < -0.3 is 19.5 Å². The first-order valence-electron chi connectivity index (χ1n) is 11.4. The topological polar surface area (TPSA) is 94.2 Å². The number of nitrogens with one attached hydrogen (secondary N) is 1. The van der Waals surface area contributed by atoms with Crippen LogP contribution in [-0.2, 0) is 4.74 Å². The molecule has 2 heterocycles. The molecule has 3 aromatic rings. The Labute approximate surface area is 202 Å². The fourth-order valence-electron chi connectivity index (χ4n) is 4.30. The molecule has 1 N–H and O–H groups in total. The number of amides is 3. The van der Waals surface area contributed by atoms with Crippen molar-refractivity contribution >= 4 is 23.4 Å². The summed E-state index contributed by atoms with van der Waals surface area (Å²) in [4.78, 5) is 39.6. The Balaban J connectivity index is 1.30. The van der Waals surface area contributed by atoms with E-state index in [4.69, 9.17) is 14.2 Å². The lowest BCUT2D eigenvalue weighted by atomic mass is 10.1. The summed E-state index contributed by atoms with van der Waals surface area (Å²) in [5.41, 5.74) is 1.62. The van der Waals surface area contributed by atoms with Crippen molar-refractivity contribution in [2.45, 2.75) is 18.9 Å². The third-order valence-corrected chi connectivity index (χ3v) is 6.03. The van der Waals surface area contributed by atoms with Gasteiger partial charge in [0.15, 0.2) is 0 Å². The Bertz CT molecular complexity index is 1300. The zero-order valence-electron chi connectivity index (χ0n) is 19.2. The smallest absolute Gasteiger partial charge is 0.261 e. The SMILES string of the molecule is COc1ccccc1C(=O)Nc1cccc(Oc2ccc3c(c2)C(=O)N(CC2CCCO2)C3=O)c1. The molecular weight excluding hydrogens is 448 g/mol. The lowest BCUT2D eigenvalue weighted by Gasteiger charge is -2.17. The molecule has 0 radical (unpaired) electrons. The van der Waals surface area contributed by atoms with Gasteiger partial charge in [0.1, 0.15) is 17.2 Å². The van der Waals surface area contributed by atoms with Gasteiger partial charge in [-0.05, 0) is 55.3 Å². The highest BCUT2D eigenvalue weighted by Gasteiger charge is 2.37. The number of anilines is 1. The summed E-state index contributed by atoms with van der Waals surface area (Å²) in [5.74, 6) is 0.389. The van der Waals surface area contributed by atoms with E-state index in [1.165, 1.54) is 12.0 Å². The van der Waals surface area contributed by atoms with E-state index in [2.05, 4.69) is 5.32 Å². The maximum absolute atomic E-state index is 12.9. The number of carbonyl (C=O) groups is 3. The minimum Gasteiger partial charge on any atom is -0.496 e. The van der Waals surface area contributed by atoms with E-state index in [0.29, 0.717) is 46.2 Å². The zero-order valence-corrected chi connectivity index (χ0v) is 19.2. The van der Waals surface area contributed by atoms with Crippen LogP contribution >= 0.6 is 0 Å². The molecule has 178 valence electrons. The molecule has 2 aliphatic heterocycles. The Morgan fingerprint density at radius 2 is 1.80 bits per heavy atom. The van der Waals surface area contributed by atoms with Crippen molar-refractivity contribution in [1.29, 1.82) is 0 Å². The predicted molar refractivity (Wildman–Crippen MR) is 128 cm³/mol. The fourth-order valence-corrected chi connectivity index (χ4v) is 4.30. The third kappa shape index (κ3) is 4.61. The molecule has 8 heteroatoms. The van der Waals surface area contributed by atoms with Gasteiger partial charge in [0, 0.05) is 18.4 Å². The molecule has 0 aliphatic carbocycles. The number of para-hydroxylation sites is 1. The van der Waals surface area contributed by atoms with Crippen LogP contribution in [0.3, 0.4) is 0 Å². The quantitative estimate of drug-likeness (QED) is 0.509. The number of nitrogens with zero attached hydrogens (tertiary/aromatic N) is 1. The van der Waals surface area contributed by atoms with E-state index in [0.717, 1.165) is 12.8 Å². The van der Waals surface area contributed by atoms with E-state index in [9.17, 15) is 14.4 Å². The summed E-state index contributed by atoms with van der Waals surface area (Å²) in [5, 5.41) is 2.84. The largest absolute Gasteiger partial charge is 0.496 e. The van der Waals surface area contributed by atoms with E-state index in [1.54, 1.807) is 66.7 Å². The van der Waals surface area contributed by atoms with Gasteiger partial charge in [-0.3, -0.25) is 19.3 Å². The van der Waals surface area contributed by atoms with Gasteiger partial charge in [0.2, 0.25) is 0 Å². The molecule has 8 nitrogen and oxygen atoms in total. The van der Waals surface area contributed by atoms with E-state index in [-0.39, 0.29) is 30.4 Å². The number of hydrogen-bond acceptors (Lipinski definition) is 6. The first kappa shape index (κ1) is 22.6. The van der Waals surface area contributed by atoms with Crippen molar-refractivity contribution in [3.63, 3.8) is 0 Å². The van der Waals surface area contributed by atoms with Crippen LogP contribution in [0.1, 0.15) is 43.9 Å². The van der Waals surface area contributed by atoms with E-state index < -0.39 is 0 Å². The molecule has 0 bridgehead atoms. The predicted octanol–water partition coefficient (Wildman–Crippen LogP) is 4.51. The summed E-state index contributed by atoms with van der Waals surface area (Å²) in [7, 11) is 1.51. The molecule has 35 heavy (non-hydrogen) atoms. The Kier molecular flexibility index (Phi) is 6.20. The number of ether oxygens (including phenoxy) is 3. The molecule has 5 rings (SSSR count). The van der Waals surface area contributed by atoms with Crippen LogP contribution in [0.5, 0.6) is 17.2 Å². The van der Waals surface area contributed by atoms with Gasteiger partial charge in [0.25, 0.3) is 17.7 Å². The second-order valence-corrected chi connectivity index (χ2v) is 8.35. The number of imide groups is 1. The van der Waals surface area contributed by atoms with Gasteiger partial charge in [-0.1, -0.05) is 18.2 Å². The van der Waals surface area contributed by atoms with Crippen LogP contribution in [-0.4, -0.2) is 49.0 Å². The van der Waals surface area contributed by atoms with Gasteiger partial charge >= 0.3 is 0 Å². The maximum atomic E-state index is 12.9. The summed E-state index contributed by atoms with van der Waals surface area (Å²) < 4.78 is 16.8. The summed E-state index contributed by atoms with van der Waals surface area (Å²) in [6.45, 7) is 0.917. The minimum absolute atomic E-state index is 0.110. The zero-order chi connectivity index (χ0) is 24.4. The number of hydrogen-bond donors (Lipinski definition) is 1. The van der Waals surface area contributed by atoms with Crippen molar-refractivity contribution < 1.29 is 28.6 Å². The van der Waals surface area contributed by atoms with Crippen LogP contribution in [0.15, 0.2) is 66.7 Å². The third-order valence-electron chi connectivity index (χ3n) is 6.03. The first-order valence-corrected chi connectivity index (χ1v) is 11.4. The molecule has 1 atom stereocenters. The molecule has 0 saturated carbocycles. The van der Waals surface area contributed by atoms with Crippen LogP contribution in [0.2, 0.25) is 0 Å². The molecule has 1 saturated heterocycles. The van der Waals surface area contributed by atoms with Crippen LogP contribution in [0.4, 0.5) is 5.69 Å². The molecule has 1 unspecified atom stereocenters. The second-order valence-electron chi connectivity index (χ2n) is 8.35. The lowest BCUT2D eigenvalue weighted by Crippen LogP contribution is -2.36. The second kappa shape index (κ2) is 9.60. The molecule has 3 aromatic carbocycles. The highest BCUT2D eigenvalue weighted by atomic mass is 16.5. The Morgan fingerprint density at radius 3 is 2.60 bits per heavy atom. The van der Waals surface area contributed by atoms with Crippen LogP contribution in [0, 0.1) is 0 Å². The van der Waals surface area contributed by atoms with Crippen LogP contribution < -0.4 is 14.8 Å². The number of carbonyl (C=O) groups excluding carboxylic acids is 3. The standard InChI is InChI=1S/C27H24N2O6/c1-33-24-10-3-2-9-22(24)25(30)28-17-6-4-7-18(14-17)35-19-11-12-21-23(15-19)27(32)29(26(21)31)16-20-8-5-13-34-20/h2-4,6-7,9-12,14-15,20H,5,8,13,16H2,1H3,(H,28,30). The van der Waals surface area contributed by atoms with E-state index in [1.807, 2.05) is 0 Å². The lowest BCUT2D eigenvalue weighted by molar-refractivity contribution is 0.0475. The average molecular weight is 472 g/mol. The van der Waals surface area contributed by atoms with Gasteiger partial charge in [-0.2, -0.15) is 0 Å². The summed E-state index contributed by atoms with van der Waals surface area (Å²) in [6.07, 6.45) is 1.66. The van der Waals surface area contributed by atoms with Crippen molar-refractivity contribution in [2.24, 2.45) is 0 Å². The molecule has 1 fully saturated rings. The number of rotatable bonds is 7. The monoisotopic (exact) mass is 472 g/mol. The van der Waals surface area contributed by atoms with E-state index >= 15 is 0 Å². The highest BCUT2D eigenvalue weighted by molar-refractivity contribution is 6.21. The van der Waals surface area contributed by atoms with Gasteiger partial charge in [0.05, 0.1) is 36.4 Å². The summed E-state index contributed by atoms with van der Waals surface area (Å²) >= 11 is 0. The number of fused-ring (bicyclic) bond motifs is 1. The minimum atomic E-state index is -0.344. The van der Waals surface area contributed by atoms with Crippen molar-refractivity contribution in [3.05, 3.63) is 83.4 Å². The Morgan fingerprint density at radius 1 is 1.00 bits per heavy atom. The molecular formula is C27H24N2O6. The molecule has 0 spiro atoms. The first-order chi connectivity index (χ1) is 17.0. The molecule has 3 amide bonds.